The molecule has 0 aliphatic carbocycles. The normalized spacial score (nSPS) is 11.6. The lowest BCUT2D eigenvalue weighted by Crippen LogP contribution is -2.23. The van der Waals surface area contributed by atoms with Crippen LogP contribution in [-0.2, 0) is 27.4 Å². The third-order valence-corrected chi connectivity index (χ3v) is 6.22. The molecule has 5 nitrogen and oxygen atoms in total. The number of nitrogens with two attached hydrogens (primary N) is 1. The van der Waals surface area contributed by atoms with E-state index in [4.69, 9.17) is 10.5 Å². The Morgan fingerprint density at radius 1 is 0.879 bits per heavy atom. The van der Waals surface area contributed by atoms with Gasteiger partial charge in [0.05, 0.1) is 6.54 Å². The third kappa shape index (κ3) is 7.14. The number of esters is 1. The summed E-state index contributed by atoms with van der Waals surface area (Å²) in [5.74, 6) is -0.617. The smallest absolute Gasteiger partial charge is 0.320 e. The average Bonchev–Trinajstić information content (AvgIpc) is 2.85. The van der Waals surface area contributed by atoms with Crippen LogP contribution in [0.1, 0.15) is 28.4 Å². The van der Waals surface area contributed by atoms with Crippen molar-refractivity contribution < 1.29 is 19.1 Å². The molecule has 1 atom stereocenters. The Bertz CT molecular complexity index is 1100. The van der Waals surface area contributed by atoms with E-state index in [0.29, 0.717) is 23.3 Å². The molecule has 1 unspecified atom stereocenters. The molecule has 0 saturated carbocycles. The summed E-state index contributed by atoms with van der Waals surface area (Å²) < 4.78 is 5.14. The van der Waals surface area contributed by atoms with Crippen LogP contribution in [0.5, 0.6) is 0 Å². The second-order valence-corrected chi connectivity index (χ2v) is 8.85. The Kier molecular flexibility index (Phi) is 8.98. The maximum absolute atomic E-state index is 13.5. The van der Waals surface area contributed by atoms with Crippen LogP contribution in [0.25, 0.3) is 11.1 Å². The lowest BCUT2D eigenvalue weighted by molar-refractivity contribution is -0.143. The van der Waals surface area contributed by atoms with Crippen LogP contribution in [-0.4, -0.2) is 29.2 Å². The molecule has 0 spiro atoms. The van der Waals surface area contributed by atoms with Gasteiger partial charge in [0, 0.05) is 29.7 Å². The van der Waals surface area contributed by atoms with Gasteiger partial charge >= 0.3 is 5.97 Å². The highest BCUT2D eigenvalue weighted by molar-refractivity contribution is 8.13. The highest BCUT2D eigenvalue weighted by Crippen LogP contribution is 2.25. The zero-order valence-electron chi connectivity index (χ0n) is 18.5. The highest BCUT2D eigenvalue weighted by Gasteiger charge is 2.24. The summed E-state index contributed by atoms with van der Waals surface area (Å²) >= 11 is 1.15. The lowest BCUT2D eigenvalue weighted by atomic mass is 9.90. The number of Topliss-reactive ketones (excluding diaryl/α,β-unsaturated/α-hetero) is 1. The van der Waals surface area contributed by atoms with E-state index in [0.717, 1.165) is 28.5 Å². The van der Waals surface area contributed by atoms with Gasteiger partial charge < -0.3 is 10.5 Å². The van der Waals surface area contributed by atoms with Gasteiger partial charge in [-0.25, -0.2) is 0 Å². The number of thioether (sulfide) groups is 1. The van der Waals surface area contributed by atoms with Crippen LogP contribution in [0.3, 0.4) is 0 Å². The molecule has 0 aliphatic heterocycles. The number of carbonyl (C=O) groups is 3. The van der Waals surface area contributed by atoms with Crippen LogP contribution in [0.15, 0.2) is 78.9 Å². The minimum atomic E-state index is -0.528. The molecule has 0 bridgehead atoms. The molecule has 170 valence electrons. The van der Waals surface area contributed by atoms with Gasteiger partial charge in [0.15, 0.2) is 10.9 Å². The highest BCUT2D eigenvalue weighted by atomic mass is 32.2. The van der Waals surface area contributed by atoms with Gasteiger partial charge in [-0.1, -0.05) is 90.6 Å². The molecule has 0 heterocycles. The zero-order valence-corrected chi connectivity index (χ0v) is 19.3. The van der Waals surface area contributed by atoms with Crippen molar-refractivity contribution >= 4 is 28.6 Å². The first-order chi connectivity index (χ1) is 16.0. The fraction of sp³-hybridized carbons (Fsp3) is 0.222. The van der Waals surface area contributed by atoms with Crippen molar-refractivity contribution in [2.75, 3.05) is 12.3 Å². The van der Waals surface area contributed by atoms with Crippen molar-refractivity contribution in [3.63, 3.8) is 0 Å². The van der Waals surface area contributed by atoms with Crippen LogP contribution < -0.4 is 5.73 Å². The van der Waals surface area contributed by atoms with E-state index in [2.05, 4.69) is 12.1 Å². The van der Waals surface area contributed by atoms with Crippen molar-refractivity contribution in [1.82, 2.24) is 0 Å². The third-order valence-electron chi connectivity index (χ3n) is 5.24. The summed E-state index contributed by atoms with van der Waals surface area (Å²) in [6, 6.07) is 25.3. The number of carbonyl (C=O) groups excluding carboxylic acids is 3. The second-order valence-electron chi connectivity index (χ2n) is 7.65. The minimum Gasteiger partial charge on any atom is -0.460 e. The Morgan fingerprint density at radius 2 is 1.52 bits per heavy atom. The standard InChI is InChI=1S/C27H27NO4S/c1-19(29)33-18-24(15-20-11-13-22(14-12-20)21-7-3-2-4-8-21)27(31)25-10-6-5-9-23(25)17-32-26(30)16-28/h2-14,24H,15-18,28H2,1H3. The Hall–Kier alpha value is -3.22. The quantitative estimate of drug-likeness (QED) is 0.349. The summed E-state index contributed by atoms with van der Waals surface area (Å²) in [5.41, 5.74) is 9.68. The molecular weight excluding hydrogens is 434 g/mol. The first-order valence-electron chi connectivity index (χ1n) is 10.7. The maximum atomic E-state index is 13.5. The molecule has 2 N–H and O–H groups in total. The van der Waals surface area contributed by atoms with Crippen molar-refractivity contribution in [3.8, 4) is 11.1 Å². The molecule has 6 heteroatoms. The van der Waals surface area contributed by atoms with Crippen molar-refractivity contribution in [2.24, 2.45) is 11.7 Å². The van der Waals surface area contributed by atoms with Crippen LogP contribution in [0.4, 0.5) is 0 Å². The lowest BCUT2D eigenvalue weighted by Gasteiger charge is -2.18. The van der Waals surface area contributed by atoms with E-state index < -0.39 is 11.9 Å². The number of hydrogen-bond acceptors (Lipinski definition) is 6. The summed E-state index contributed by atoms with van der Waals surface area (Å²) in [6.45, 7) is 1.27. The molecule has 3 rings (SSSR count). The molecule has 33 heavy (non-hydrogen) atoms. The topological polar surface area (TPSA) is 86.5 Å². The molecule has 3 aromatic rings. The van der Waals surface area contributed by atoms with E-state index in [1.807, 2.05) is 42.5 Å². The Balaban J connectivity index is 1.80. The van der Waals surface area contributed by atoms with E-state index in [1.165, 1.54) is 6.92 Å². The summed E-state index contributed by atoms with van der Waals surface area (Å²) in [6.07, 6.45) is 0.505. The number of ether oxygens (including phenoxy) is 1. The Morgan fingerprint density at radius 3 is 2.18 bits per heavy atom. The van der Waals surface area contributed by atoms with Crippen LogP contribution in [0.2, 0.25) is 0 Å². The summed E-state index contributed by atoms with van der Waals surface area (Å²) in [5, 5.41) is -0.0302. The minimum absolute atomic E-state index is 0.0176. The largest absolute Gasteiger partial charge is 0.460 e. The molecule has 0 radical (unpaired) electrons. The average molecular weight is 462 g/mol. The number of rotatable bonds is 10. The van der Waals surface area contributed by atoms with Gasteiger partial charge in [0.1, 0.15) is 6.61 Å². The first kappa shape index (κ1) is 24.4. The molecule has 3 aromatic carbocycles. The van der Waals surface area contributed by atoms with Gasteiger partial charge in [-0.3, -0.25) is 14.4 Å². The van der Waals surface area contributed by atoms with Crippen LogP contribution >= 0.6 is 11.8 Å². The van der Waals surface area contributed by atoms with E-state index in [9.17, 15) is 14.4 Å². The Labute approximate surface area is 198 Å². The number of benzene rings is 3. The fourth-order valence-corrected chi connectivity index (χ4v) is 4.22. The van der Waals surface area contributed by atoms with Crippen molar-refractivity contribution in [2.45, 2.75) is 20.0 Å². The van der Waals surface area contributed by atoms with Gasteiger partial charge in [0.2, 0.25) is 0 Å². The van der Waals surface area contributed by atoms with Gasteiger partial charge in [-0.2, -0.15) is 0 Å². The second kappa shape index (κ2) is 12.1. The first-order valence-corrected chi connectivity index (χ1v) is 11.7. The summed E-state index contributed by atoms with van der Waals surface area (Å²) in [4.78, 5) is 36.6. The monoisotopic (exact) mass is 461 g/mol. The predicted octanol–water partition coefficient (Wildman–Crippen LogP) is 4.68. The van der Waals surface area contributed by atoms with Gasteiger partial charge in [-0.15, -0.1) is 0 Å². The number of hydrogen-bond donors (Lipinski definition) is 1. The zero-order chi connectivity index (χ0) is 23.6. The van der Waals surface area contributed by atoms with Crippen molar-refractivity contribution in [1.29, 1.82) is 0 Å². The van der Waals surface area contributed by atoms with Gasteiger partial charge in [-0.05, 0) is 23.1 Å². The fourth-order valence-electron chi connectivity index (χ4n) is 3.52. The molecule has 0 saturated heterocycles. The molecule has 0 fully saturated rings. The molecular formula is C27H27NO4S. The van der Waals surface area contributed by atoms with Crippen LogP contribution in [0, 0.1) is 5.92 Å². The molecule has 0 amide bonds. The SMILES string of the molecule is CC(=O)SCC(Cc1ccc(-c2ccccc2)cc1)C(=O)c1ccccc1COC(=O)CN. The van der Waals surface area contributed by atoms with E-state index in [-0.39, 0.29) is 24.1 Å². The number of ketones is 1. The van der Waals surface area contributed by atoms with E-state index >= 15 is 0 Å². The molecule has 0 aliphatic rings. The van der Waals surface area contributed by atoms with Crippen molar-refractivity contribution in [3.05, 3.63) is 95.6 Å². The van der Waals surface area contributed by atoms with Gasteiger partial charge in [0.25, 0.3) is 0 Å². The predicted molar refractivity (Wildman–Crippen MR) is 132 cm³/mol. The maximum Gasteiger partial charge on any atom is 0.320 e. The summed E-state index contributed by atoms with van der Waals surface area (Å²) in [7, 11) is 0. The van der Waals surface area contributed by atoms with E-state index in [1.54, 1.807) is 24.3 Å². The molecule has 0 aromatic heterocycles.